The highest BCUT2D eigenvalue weighted by Crippen LogP contribution is 2.16. The maximum Gasteiger partial charge on any atom is 0.251 e. The summed E-state index contributed by atoms with van der Waals surface area (Å²) in [6.07, 6.45) is 0.874. The Hall–Kier alpha value is -1.78. The predicted molar refractivity (Wildman–Crippen MR) is 106 cm³/mol. The smallest absolute Gasteiger partial charge is 0.251 e. The van der Waals surface area contributed by atoms with E-state index in [2.05, 4.69) is 24.4 Å². The quantitative estimate of drug-likeness (QED) is 0.619. The third-order valence-electron chi connectivity index (χ3n) is 3.93. The molecule has 0 aliphatic carbocycles. The van der Waals surface area contributed by atoms with Crippen molar-refractivity contribution >= 4 is 17.7 Å². The number of thioether (sulfide) groups is 1. The van der Waals surface area contributed by atoms with Crippen LogP contribution in [-0.2, 0) is 10.5 Å². The van der Waals surface area contributed by atoms with Crippen molar-refractivity contribution in [3.8, 4) is 0 Å². The molecule has 3 nitrogen and oxygen atoms in total. The molecule has 0 bridgehead atoms. The number of hydrogen-bond donors (Lipinski definition) is 1. The third kappa shape index (κ3) is 6.92. The molecule has 0 heterocycles. The van der Waals surface area contributed by atoms with Gasteiger partial charge in [-0.25, -0.2) is 0 Å². The van der Waals surface area contributed by atoms with Crippen LogP contribution < -0.4 is 5.32 Å². The number of carbonyl (C=O) groups excluding carboxylic acids is 1. The van der Waals surface area contributed by atoms with Crippen LogP contribution in [-0.4, -0.2) is 24.8 Å². The van der Waals surface area contributed by atoms with Crippen LogP contribution in [0.25, 0.3) is 0 Å². The lowest BCUT2D eigenvalue weighted by Crippen LogP contribution is -2.25. The van der Waals surface area contributed by atoms with Gasteiger partial charge in [-0.05, 0) is 42.4 Å². The topological polar surface area (TPSA) is 38.3 Å². The van der Waals surface area contributed by atoms with Crippen LogP contribution in [0, 0.1) is 0 Å². The van der Waals surface area contributed by atoms with Crippen LogP contribution in [0.4, 0.5) is 0 Å². The lowest BCUT2D eigenvalue weighted by atomic mass is 10.1. The first-order valence-corrected chi connectivity index (χ1v) is 9.97. The van der Waals surface area contributed by atoms with E-state index in [0.29, 0.717) is 18.7 Å². The van der Waals surface area contributed by atoms with Crippen LogP contribution in [0.3, 0.4) is 0 Å². The Morgan fingerprint density at radius 3 is 2.52 bits per heavy atom. The van der Waals surface area contributed by atoms with Gasteiger partial charge in [0.05, 0.1) is 6.10 Å². The second kappa shape index (κ2) is 11.0. The molecule has 1 N–H and O–H groups in total. The highest BCUT2D eigenvalue weighted by Gasteiger charge is 2.06. The molecule has 1 atom stereocenters. The molecule has 0 aliphatic rings. The zero-order chi connectivity index (χ0) is 17.9. The average Bonchev–Trinajstić information content (AvgIpc) is 2.67. The number of rotatable bonds is 10. The fourth-order valence-electron chi connectivity index (χ4n) is 2.43. The first-order valence-electron chi connectivity index (χ1n) is 8.82. The predicted octanol–water partition coefficient (Wildman–Crippen LogP) is 4.84. The summed E-state index contributed by atoms with van der Waals surface area (Å²) in [5.74, 6) is 2.08. The number of benzene rings is 2. The Morgan fingerprint density at radius 2 is 1.84 bits per heavy atom. The first kappa shape index (κ1) is 19.5. The van der Waals surface area contributed by atoms with E-state index < -0.39 is 0 Å². The summed E-state index contributed by atoms with van der Waals surface area (Å²) in [7, 11) is 0. The lowest BCUT2D eigenvalue weighted by molar-refractivity contribution is 0.0635. The SMILES string of the molecule is CCSCc1ccc(C(=O)NCCCOC(C)c2ccccc2)cc1. The van der Waals surface area contributed by atoms with Crippen molar-refractivity contribution in [3.63, 3.8) is 0 Å². The molecule has 2 aromatic carbocycles. The molecule has 0 spiro atoms. The number of hydrogen-bond acceptors (Lipinski definition) is 3. The molecule has 0 radical (unpaired) electrons. The van der Waals surface area contributed by atoms with E-state index in [1.54, 1.807) is 0 Å². The van der Waals surface area contributed by atoms with Crippen molar-refractivity contribution < 1.29 is 9.53 Å². The fraction of sp³-hybridized carbons (Fsp3) is 0.381. The van der Waals surface area contributed by atoms with E-state index in [0.717, 1.165) is 17.9 Å². The second-order valence-electron chi connectivity index (χ2n) is 5.87. The molecule has 25 heavy (non-hydrogen) atoms. The lowest BCUT2D eigenvalue weighted by Gasteiger charge is -2.13. The maximum absolute atomic E-state index is 12.1. The fourth-order valence-corrected chi connectivity index (χ4v) is 3.06. The van der Waals surface area contributed by atoms with Gasteiger partial charge in [0.2, 0.25) is 0 Å². The van der Waals surface area contributed by atoms with E-state index in [1.807, 2.05) is 61.2 Å². The largest absolute Gasteiger partial charge is 0.374 e. The van der Waals surface area contributed by atoms with Crippen molar-refractivity contribution in [1.82, 2.24) is 5.32 Å². The minimum Gasteiger partial charge on any atom is -0.374 e. The Balaban J connectivity index is 1.65. The third-order valence-corrected chi connectivity index (χ3v) is 4.88. The van der Waals surface area contributed by atoms with Crippen molar-refractivity contribution in [2.24, 2.45) is 0 Å². The second-order valence-corrected chi connectivity index (χ2v) is 7.14. The van der Waals surface area contributed by atoms with Gasteiger partial charge in [-0.2, -0.15) is 11.8 Å². The number of carbonyl (C=O) groups is 1. The van der Waals surface area contributed by atoms with Gasteiger partial charge < -0.3 is 10.1 Å². The van der Waals surface area contributed by atoms with Crippen LogP contribution in [0.2, 0.25) is 0 Å². The summed E-state index contributed by atoms with van der Waals surface area (Å²) >= 11 is 1.88. The average molecular weight is 358 g/mol. The van der Waals surface area contributed by atoms with Gasteiger partial charge in [0.25, 0.3) is 5.91 Å². The summed E-state index contributed by atoms with van der Waals surface area (Å²) in [4.78, 5) is 12.1. The van der Waals surface area contributed by atoms with Crippen molar-refractivity contribution in [3.05, 3.63) is 71.3 Å². The first-order chi connectivity index (χ1) is 12.2. The Kier molecular flexibility index (Phi) is 8.56. The summed E-state index contributed by atoms with van der Waals surface area (Å²) < 4.78 is 5.82. The van der Waals surface area contributed by atoms with Gasteiger partial charge in [0, 0.05) is 24.5 Å². The molecule has 0 saturated heterocycles. The van der Waals surface area contributed by atoms with Crippen molar-refractivity contribution in [2.75, 3.05) is 18.9 Å². The Labute approximate surface area is 155 Å². The Morgan fingerprint density at radius 1 is 1.12 bits per heavy atom. The summed E-state index contributed by atoms with van der Waals surface area (Å²) in [6.45, 7) is 5.44. The highest BCUT2D eigenvalue weighted by molar-refractivity contribution is 7.98. The highest BCUT2D eigenvalue weighted by atomic mass is 32.2. The molecule has 0 fully saturated rings. The van der Waals surface area contributed by atoms with E-state index in [9.17, 15) is 4.79 Å². The zero-order valence-corrected chi connectivity index (χ0v) is 15.9. The van der Waals surface area contributed by atoms with Gasteiger partial charge >= 0.3 is 0 Å². The minimum absolute atomic E-state index is 0.0224. The molecular formula is C21H27NO2S. The molecule has 1 unspecified atom stereocenters. The van der Waals surface area contributed by atoms with Gasteiger partial charge in [-0.1, -0.05) is 49.4 Å². The Bertz CT molecular complexity index is 628. The molecule has 0 aromatic heterocycles. The van der Waals surface area contributed by atoms with Gasteiger partial charge in [0.15, 0.2) is 0 Å². The van der Waals surface area contributed by atoms with Crippen molar-refractivity contribution in [2.45, 2.75) is 32.1 Å². The van der Waals surface area contributed by atoms with Crippen molar-refractivity contribution in [1.29, 1.82) is 0 Å². The summed E-state index contributed by atoms with van der Waals surface area (Å²) in [5.41, 5.74) is 3.14. The van der Waals surface area contributed by atoms with E-state index >= 15 is 0 Å². The normalized spacial score (nSPS) is 11.9. The molecule has 1 amide bonds. The summed E-state index contributed by atoms with van der Waals surface area (Å²) in [5, 5.41) is 2.95. The van der Waals surface area contributed by atoms with Gasteiger partial charge in [-0.15, -0.1) is 0 Å². The van der Waals surface area contributed by atoms with E-state index in [-0.39, 0.29) is 12.0 Å². The number of amides is 1. The molecule has 0 saturated carbocycles. The molecule has 134 valence electrons. The van der Waals surface area contributed by atoms with E-state index in [4.69, 9.17) is 4.74 Å². The molecule has 2 rings (SSSR count). The number of ether oxygens (including phenoxy) is 1. The van der Waals surface area contributed by atoms with Crippen LogP contribution in [0.5, 0.6) is 0 Å². The zero-order valence-electron chi connectivity index (χ0n) is 15.0. The number of nitrogens with one attached hydrogen (secondary N) is 1. The van der Waals surface area contributed by atoms with Crippen LogP contribution in [0.15, 0.2) is 54.6 Å². The minimum atomic E-state index is -0.0224. The standard InChI is InChI=1S/C21H27NO2S/c1-3-25-16-18-10-12-20(13-11-18)21(23)22-14-7-15-24-17(2)19-8-5-4-6-9-19/h4-6,8-13,17H,3,7,14-16H2,1-2H3,(H,22,23). The monoisotopic (exact) mass is 357 g/mol. The molecule has 2 aromatic rings. The van der Waals surface area contributed by atoms with Gasteiger partial charge in [-0.3, -0.25) is 4.79 Å². The maximum atomic E-state index is 12.1. The molecule has 0 aliphatic heterocycles. The molecular weight excluding hydrogens is 330 g/mol. The molecule has 4 heteroatoms. The summed E-state index contributed by atoms with van der Waals surface area (Å²) in [6, 6.07) is 18.0. The van der Waals surface area contributed by atoms with Crippen LogP contribution >= 0.6 is 11.8 Å². The van der Waals surface area contributed by atoms with E-state index in [1.165, 1.54) is 11.1 Å². The van der Waals surface area contributed by atoms with Crippen LogP contribution in [0.1, 0.15) is 47.9 Å². The van der Waals surface area contributed by atoms with Gasteiger partial charge in [0.1, 0.15) is 0 Å².